The Kier molecular flexibility index (Phi) is 30.6. The number of aromatic nitrogens is 4. The number of hydrogen-bond acceptors (Lipinski definition) is 28. The average Bonchev–Trinajstić information content (AvgIpc) is 1.64. The molecular formula is C66H86N15O24S2-. The molecular weight excluding hydrogens is 1450 g/mol. The van der Waals surface area contributed by atoms with Crippen LogP contribution in [-0.4, -0.2) is 220 Å². The molecule has 0 saturated heterocycles. The Bertz CT molecular complexity index is 4030. The summed E-state index contributed by atoms with van der Waals surface area (Å²) >= 11 is 0. The Hall–Kier alpha value is -10.8. The van der Waals surface area contributed by atoms with Gasteiger partial charge in [0, 0.05) is 77.8 Å². The molecule has 3 saturated carbocycles. The van der Waals surface area contributed by atoms with Crippen LogP contribution in [0.4, 0.5) is 16.4 Å². The van der Waals surface area contributed by atoms with Gasteiger partial charge in [0.1, 0.15) is 42.4 Å². The van der Waals surface area contributed by atoms with E-state index in [1.807, 2.05) is 13.0 Å². The number of likely N-dealkylation sites (N-methyl/N-ethyl adjacent to an activating group) is 1. The third-order valence-electron chi connectivity index (χ3n) is 18.9. The summed E-state index contributed by atoms with van der Waals surface area (Å²) in [7, 11) is 3.22. The molecule has 7 rings (SSSR count). The number of amides is 6. The number of hydrogen-bond donors (Lipinski definition) is 17. The van der Waals surface area contributed by atoms with Crippen molar-refractivity contribution in [2.45, 2.75) is 146 Å². The molecule has 41 heteroatoms. The Morgan fingerprint density at radius 2 is 1.43 bits per heavy atom. The first-order valence-electron chi connectivity index (χ1n) is 33.5. The van der Waals surface area contributed by atoms with Crippen molar-refractivity contribution in [1.29, 1.82) is 0 Å². The van der Waals surface area contributed by atoms with Crippen molar-refractivity contribution in [2.75, 3.05) is 49.4 Å². The molecule has 0 spiro atoms. The van der Waals surface area contributed by atoms with Crippen molar-refractivity contribution < 1.29 is 112 Å². The monoisotopic (exact) mass is 1540 g/mol. The first-order valence-corrected chi connectivity index (χ1v) is 36.0. The van der Waals surface area contributed by atoms with Crippen molar-refractivity contribution in [2.24, 2.45) is 51.0 Å². The van der Waals surface area contributed by atoms with E-state index in [1.54, 1.807) is 25.1 Å². The Labute approximate surface area is 617 Å². The van der Waals surface area contributed by atoms with Gasteiger partial charge in [0.25, 0.3) is 11.5 Å². The minimum Gasteiger partial charge on any atom is -0.550 e. The van der Waals surface area contributed by atoms with Crippen LogP contribution >= 0.6 is 21.6 Å². The second-order valence-electron chi connectivity index (χ2n) is 26.2. The molecule has 3 aromatic rings. The fourth-order valence-corrected chi connectivity index (χ4v) is 15.5. The van der Waals surface area contributed by atoms with Crippen LogP contribution in [0.5, 0.6) is 0 Å². The SMILES string of the molecule is CC(CCCN=C(N)N)C(=O)NC(CC(=O)O)C(=O)NC(CC(=O)[O-])C(=O)NC(CSSCCOC(=O)OCC(=O)C1(O)CCC2C3CCC4=CC(=O)C=CC4(C)C3C(O)CC21C)C(=O)O.CNC(=O)C(CC(=O)O)NC(=O)CCC(NC(=O)c1ccc(NCc2cnc3nc(N)[nH]c(=O)c3n2)cc1)C(=O)O. The maximum atomic E-state index is 13.6. The number of aliphatic carboxylic acids is 5. The number of guanidine groups is 1. The second-order valence-corrected chi connectivity index (χ2v) is 28.9. The molecule has 39 nitrogen and oxygen atoms in total. The van der Waals surface area contributed by atoms with Gasteiger partial charge >= 0.3 is 30.0 Å². The normalized spacial score (nSPS) is 21.9. The van der Waals surface area contributed by atoms with Gasteiger partial charge in [-0.2, -0.15) is 4.98 Å². The number of allylic oxidation sites excluding steroid dienone is 4. The number of ether oxygens (including phenoxy) is 2. The van der Waals surface area contributed by atoms with E-state index < -0.39 is 167 Å². The minimum absolute atomic E-state index is 0.0229. The number of nitrogens with two attached hydrogens (primary N) is 3. The van der Waals surface area contributed by atoms with Gasteiger partial charge < -0.3 is 104 Å². The summed E-state index contributed by atoms with van der Waals surface area (Å²) in [6.45, 7) is 4.67. The molecule has 13 unspecified atom stereocenters. The van der Waals surface area contributed by atoms with Gasteiger partial charge in [-0.1, -0.05) is 54.0 Å². The molecule has 107 heavy (non-hydrogen) atoms. The fourth-order valence-electron chi connectivity index (χ4n) is 13.5. The van der Waals surface area contributed by atoms with Gasteiger partial charge in [-0.25, -0.2) is 24.4 Å². The number of aliphatic hydroxyl groups is 2. The third kappa shape index (κ3) is 23.3. The zero-order valence-corrected chi connectivity index (χ0v) is 60.1. The summed E-state index contributed by atoms with van der Waals surface area (Å²) in [4.78, 5) is 202. The summed E-state index contributed by atoms with van der Waals surface area (Å²) in [5.41, 5.74) is 14.4. The fraction of sp³-hybridized carbons (Fsp3) is 0.530. The van der Waals surface area contributed by atoms with E-state index in [2.05, 4.69) is 62.1 Å². The van der Waals surface area contributed by atoms with Crippen LogP contribution in [0.2, 0.25) is 0 Å². The number of carbonyl (C=O) groups is 14. The number of carbonyl (C=O) groups excluding carboxylic acids is 10. The van der Waals surface area contributed by atoms with E-state index >= 15 is 0 Å². The van der Waals surface area contributed by atoms with Crippen molar-refractivity contribution in [1.82, 2.24) is 51.8 Å². The lowest BCUT2D eigenvalue weighted by Gasteiger charge is -2.59. The van der Waals surface area contributed by atoms with Crippen molar-refractivity contribution in [3.63, 3.8) is 0 Å². The predicted octanol–water partition coefficient (Wildman–Crippen LogP) is -2.48. The molecule has 4 aliphatic rings. The van der Waals surface area contributed by atoms with Crippen LogP contribution in [0.25, 0.3) is 11.2 Å². The lowest BCUT2D eigenvalue weighted by atomic mass is 9.46. The van der Waals surface area contributed by atoms with E-state index in [0.717, 1.165) is 27.2 Å². The lowest BCUT2D eigenvalue weighted by Crippen LogP contribution is -2.61. The molecule has 13 atom stereocenters. The Balaban J connectivity index is 0.000000374. The summed E-state index contributed by atoms with van der Waals surface area (Å²) < 4.78 is 10.1. The van der Waals surface area contributed by atoms with Crippen molar-refractivity contribution in [3.05, 3.63) is 75.9 Å². The van der Waals surface area contributed by atoms with Crippen LogP contribution < -0.4 is 65.1 Å². The number of carboxylic acids is 5. The van der Waals surface area contributed by atoms with E-state index in [0.29, 0.717) is 37.1 Å². The number of nitrogens with zero attached hydrogens (tertiary/aromatic N) is 4. The molecule has 3 fully saturated rings. The van der Waals surface area contributed by atoms with Gasteiger partial charge in [0.2, 0.25) is 41.3 Å². The van der Waals surface area contributed by atoms with Gasteiger partial charge in [0.05, 0.1) is 37.4 Å². The average molecular weight is 1540 g/mol. The second kappa shape index (κ2) is 38.5. The number of carboxylic acid groups (broad SMARTS) is 5. The highest BCUT2D eigenvalue weighted by Gasteiger charge is 2.68. The third-order valence-corrected chi connectivity index (χ3v) is 21.3. The first kappa shape index (κ1) is 85.1. The molecule has 2 aromatic heterocycles. The predicted molar refractivity (Wildman–Crippen MR) is 377 cm³/mol. The number of aliphatic hydroxyl groups excluding tert-OH is 1. The number of Topliss-reactive ketones (excluding diaryl/α,β-unsaturated/α-hetero) is 1. The van der Waals surface area contributed by atoms with E-state index in [9.17, 15) is 103 Å². The minimum atomic E-state index is -1.94. The molecule has 2 heterocycles. The Morgan fingerprint density at radius 1 is 0.794 bits per heavy atom. The maximum Gasteiger partial charge on any atom is 0.508 e. The van der Waals surface area contributed by atoms with Gasteiger partial charge in [0.15, 0.2) is 29.5 Å². The topological polar surface area (TPSA) is 648 Å². The molecule has 6 amide bonds. The zero-order valence-electron chi connectivity index (χ0n) is 58.5. The number of nitrogens with one attached hydrogen (secondary N) is 8. The molecule has 1 aromatic carbocycles. The van der Waals surface area contributed by atoms with Crippen molar-refractivity contribution >= 4 is 133 Å². The molecule has 0 radical (unpaired) electrons. The standard InChI is InChI=1S/C42H60N6O16S2.C24H27N9O8/c1-21(5-4-12-45-38(43)44)34(56)46-26(16-31(52)53)35(57)47-27(17-32(54)55)36(58)48-28(37(59)60)20-66-65-14-13-63-39(61)64-19-30(51)42(62)11-9-25-24-7-6-22-15-23(49)8-10-40(22,2)33(24)29(50)18-41(25,42)3;1-26-21(38)15(8-17(35)36)30-16(34)7-6-14(23(40)41)31-20(37)11-2-4-12(5-3-11)27-9-13-10-28-19-18(29-13)22(39)33-24(25)32-19/h8,10,15,21,24-29,33,50,62H,4-7,9,11-14,16-20H2,1-3H3,(H,46,56)(H,47,57)(H,48,58)(H,52,53)(H,54,55)(H,59,60)(H4,43,44,45);2-5,10,14-15,27H,6-9H2,1H3,(H,26,38)(H,30,34)(H,31,37)(H,35,36)(H,40,41)(H3,25,28,32,33,39)/p-1. The number of aliphatic imine (C=N–C) groups is 1. The van der Waals surface area contributed by atoms with Crippen LogP contribution in [0, 0.1) is 34.5 Å². The highest BCUT2D eigenvalue weighted by atomic mass is 33.1. The number of ketones is 2. The maximum absolute atomic E-state index is 13.6. The molecule has 20 N–H and O–H groups in total. The van der Waals surface area contributed by atoms with Gasteiger partial charge in [-0.05, 0) is 99.6 Å². The highest BCUT2D eigenvalue weighted by molar-refractivity contribution is 8.76. The van der Waals surface area contributed by atoms with Crippen LogP contribution in [0.15, 0.2) is 64.1 Å². The number of aromatic amines is 1. The number of nitrogen functional groups attached to an aromatic ring is 1. The summed E-state index contributed by atoms with van der Waals surface area (Å²) in [5.74, 6) is -15.3. The number of H-pyrrole nitrogens is 1. The lowest BCUT2D eigenvalue weighted by molar-refractivity contribution is -0.306. The van der Waals surface area contributed by atoms with Crippen LogP contribution in [0.3, 0.4) is 0 Å². The van der Waals surface area contributed by atoms with E-state index in [4.69, 9.17) is 31.8 Å². The quantitative estimate of drug-likeness (QED) is 0.00934. The van der Waals surface area contributed by atoms with Gasteiger partial charge in [-0.3, -0.25) is 62.7 Å². The summed E-state index contributed by atoms with van der Waals surface area (Å²) in [5, 5.41) is 88.7. The summed E-state index contributed by atoms with van der Waals surface area (Å²) in [6.07, 6.45) is 3.72. The molecule has 582 valence electrons. The molecule has 0 bridgehead atoms. The largest absolute Gasteiger partial charge is 0.550 e. The van der Waals surface area contributed by atoms with Crippen molar-refractivity contribution in [3.8, 4) is 0 Å². The Morgan fingerprint density at radius 3 is 2.06 bits per heavy atom. The van der Waals surface area contributed by atoms with Gasteiger partial charge in [-0.15, -0.1) is 0 Å². The number of rotatable bonds is 37. The highest BCUT2D eigenvalue weighted by Crippen LogP contribution is 2.67. The smallest absolute Gasteiger partial charge is 0.508 e. The van der Waals surface area contributed by atoms with E-state index in [-0.39, 0.29) is 115 Å². The van der Waals surface area contributed by atoms with Crippen LogP contribution in [-0.2, 0) is 73.6 Å². The van der Waals surface area contributed by atoms with Crippen LogP contribution in [0.1, 0.15) is 114 Å². The zero-order chi connectivity index (χ0) is 79.3. The molecule has 4 aliphatic carbocycles. The number of anilines is 2. The number of benzene rings is 1. The number of fused-ring (bicyclic) bond motifs is 6. The summed E-state index contributed by atoms with van der Waals surface area (Å²) in [6, 6.07) is -2.03. The molecule has 0 aliphatic heterocycles. The first-order chi connectivity index (χ1) is 50.4. The van der Waals surface area contributed by atoms with E-state index in [1.165, 1.54) is 38.4 Å².